The summed E-state index contributed by atoms with van der Waals surface area (Å²) in [7, 11) is 0. The second kappa shape index (κ2) is 14.4. The van der Waals surface area contributed by atoms with E-state index in [4.69, 9.17) is 24.7 Å². The van der Waals surface area contributed by atoms with E-state index in [9.17, 15) is 19.7 Å². The van der Waals surface area contributed by atoms with E-state index in [0.29, 0.717) is 35.3 Å². The topological polar surface area (TPSA) is 166 Å². The number of carbonyl (C=O) groups is 2. The first-order chi connectivity index (χ1) is 19.3. The van der Waals surface area contributed by atoms with Gasteiger partial charge in [0.2, 0.25) is 0 Å². The van der Waals surface area contributed by atoms with Crippen molar-refractivity contribution in [2.45, 2.75) is 13.8 Å². The monoisotopic (exact) mass is 546 g/mol. The summed E-state index contributed by atoms with van der Waals surface area (Å²) < 4.78 is 20.8. The Morgan fingerprint density at radius 1 is 0.725 bits per heavy atom. The van der Waals surface area contributed by atoms with E-state index < -0.39 is 16.9 Å². The van der Waals surface area contributed by atoms with Gasteiger partial charge in [-0.3, -0.25) is 10.1 Å². The molecule has 4 rings (SSSR count). The first-order valence-corrected chi connectivity index (χ1v) is 12.0. The van der Waals surface area contributed by atoms with Crippen molar-refractivity contribution in [1.82, 2.24) is 9.97 Å². The number of non-ortho nitro benzene ring substituents is 1. The lowest BCUT2D eigenvalue weighted by Gasteiger charge is -2.07. The summed E-state index contributed by atoms with van der Waals surface area (Å²) in [6, 6.07) is 18.8. The van der Waals surface area contributed by atoms with Crippen LogP contribution in [0.2, 0.25) is 0 Å². The molecule has 2 heterocycles. The number of anilines is 1. The largest absolute Gasteiger partial charge is 0.461 e. The maximum atomic E-state index is 11.6. The maximum absolute atomic E-state index is 11.6. The van der Waals surface area contributed by atoms with Gasteiger partial charge in [-0.25, -0.2) is 19.6 Å². The van der Waals surface area contributed by atoms with E-state index >= 15 is 0 Å². The van der Waals surface area contributed by atoms with Crippen LogP contribution in [0.4, 0.5) is 11.4 Å². The molecule has 12 nitrogen and oxygen atoms in total. The third-order valence-electron chi connectivity index (χ3n) is 4.83. The van der Waals surface area contributed by atoms with Crippen LogP contribution in [0.25, 0.3) is 0 Å². The van der Waals surface area contributed by atoms with Gasteiger partial charge < -0.3 is 24.7 Å². The second-order valence-electron chi connectivity index (χ2n) is 7.72. The number of ether oxygens (including phenoxy) is 4. The summed E-state index contributed by atoms with van der Waals surface area (Å²) >= 11 is 0. The summed E-state index contributed by atoms with van der Waals surface area (Å²) in [5.74, 6) is 0.957. The highest BCUT2D eigenvalue weighted by atomic mass is 16.6. The summed E-state index contributed by atoms with van der Waals surface area (Å²) in [6.07, 6.45) is 2.92. The van der Waals surface area contributed by atoms with Gasteiger partial charge in [0.25, 0.3) is 5.69 Å². The summed E-state index contributed by atoms with van der Waals surface area (Å²) in [5, 5.41) is 10.6. The Bertz CT molecular complexity index is 1440. The van der Waals surface area contributed by atoms with Crippen LogP contribution in [0.3, 0.4) is 0 Å². The quantitative estimate of drug-likeness (QED) is 0.120. The highest BCUT2D eigenvalue weighted by Gasteiger charge is 2.11. The number of hydrogen-bond acceptors (Lipinski definition) is 11. The summed E-state index contributed by atoms with van der Waals surface area (Å²) in [4.78, 5) is 41.0. The predicted molar refractivity (Wildman–Crippen MR) is 144 cm³/mol. The molecule has 0 atom stereocenters. The number of hydrogen-bond donors (Lipinski definition) is 1. The zero-order chi connectivity index (χ0) is 28.9. The van der Waals surface area contributed by atoms with Crippen LogP contribution in [0, 0.1) is 10.1 Å². The van der Waals surface area contributed by atoms with Gasteiger partial charge in [0, 0.05) is 42.3 Å². The van der Waals surface area contributed by atoms with Crippen LogP contribution < -0.4 is 15.2 Å². The van der Waals surface area contributed by atoms with Gasteiger partial charge in [-0.05, 0) is 62.4 Å². The van der Waals surface area contributed by atoms with Crippen molar-refractivity contribution >= 4 is 23.3 Å². The molecule has 12 heteroatoms. The third-order valence-corrected chi connectivity index (χ3v) is 4.83. The molecular weight excluding hydrogens is 520 g/mol. The van der Waals surface area contributed by atoms with Crippen molar-refractivity contribution < 1.29 is 33.5 Å². The van der Waals surface area contributed by atoms with Gasteiger partial charge in [0.05, 0.1) is 18.1 Å². The van der Waals surface area contributed by atoms with E-state index in [1.165, 1.54) is 48.8 Å². The lowest BCUT2D eigenvalue weighted by Crippen LogP contribution is -2.06. The Balaban J connectivity index is 0.000000222. The molecule has 0 aliphatic carbocycles. The van der Waals surface area contributed by atoms with Gasteiger partial charge in [0.1, 0.15) is 23.0 Å². The van der Waals surface area contributed by atoms with Crippen LogP contribution in [0.1, 0.15) is 34.8 Å². The molecular formula is C28H26N4O8. The van der Waals surface area contributed by atoms with Gasteiger partial charge in [-0.15, -0.1) is 0 Å². The SMILES string of the molecule is CCOC(=O)c1cc(Oc2ccc(N)cc2)ccn1.CCOC(=O)c1cc(Oc2ccc([N+](=O)[O-])cc2)ccn1. The average molecular weight is 547 g/mol. The Labute approximate surface area is 229 Å². The molecule has 0 unspecified atom stereocenters. The molecule has 40 heavy (non-hydrogen) atoms. The van der Waals surface area contributed by atoms with Crippen LogP contribution in [-0.4, -0.2) is 40.0 Å². The lowest BCUT2D eigenvalue weighted by atomic mass is 10.3. The zero-order valence-electron chi connectivity index (χ0n) is 21.7. The van der Waals surface area contributed by atoms with Crippen molar-refractivity contribution in [3.63, 3.8) is 0 Å². The number of nitrogens with two attached hydrogens (primary N) is 1. The zero-order valence-corrected chi connectivity index (χ0v) is 21.7. The highest BCUT2D eigenvalue weighted by Crippen LogP contribution is 2.24. The third kappa shape index (κ3) is 8.80. The van der Waals surface area contributed by atoms with E-state index in [-0.39, 0.29) is 23.7 Å². The van der Waals surface area contributed by atoms with Crippen molar-refractivity contribution in [3.05, 3.63) is 107 Å². The molecule has 0 aliphatic heterocycles. The van der Waals surface area contributed by atoms with Crippen LogP contribution in [-0.2, 0) is 9.47 Å². The van der Waals surface area contributed by atoms with E-state index in [1.54, 1.807) is 50.2 Å². The van der Waals surface area contributed by atoms with Gasteiger partial charge in [-0.2, -0.15) is 0 Å². The van der Waals surface area contributed by atoms with Gasteiger partial charge >= 0.3 is 11.9 Å². The van der Waals surface area contributed by atoms with E-state index in [1.807, 2.05) is 0 Å². The number of rotatable bonds is 9. The number of nitro groups is 1. The number of benzene rings is 2. The van der Waals surface area contributed by atoms with Crippen LogP contribution in [0.15, 0.2) is 85.2 Å². The molecule has 2 aromatic heterocycles. The molecule has 0 saturated carbocycles. The molecule has 0 aliphatic rings. The fourth-order valence-electron chi connectivity index (χ4n) is 3.03. The van der Waals surface area contributed by atoms with E-state index in [0.717, 1.165) is 0 Å². The van der Waals surface area contributed by atoms with Crippen LogP contribution >= 0.6 is 0 Å². The molecule has 0 amide bonds. The first kappa shape index (κ1) is 29.0. The maximum Gasteiger partial charge on any atom is 0.357 e. The minimum atomic E-state index is -0.536. The number of aromatic nitrogens is 2. The Kier molecular flexibility index (Phi) is 10.5. The van der Waals surface area contributed by atoms with Crippen molar-refractivity contribution in [2.75, 3.05) is 18.9 Å². The Hall–Kier alpha value is -5.52. The fraction of sp³-hybridized carbons (Fsp3) is 0.143. The first-order valence-electron chi connectivity index (χ1n) is 12.0. The van der Waals surface area contributed by atoms with Gasteiger partial charge in [0.15, 0.2) is 11.4 Å². The van der Waals surface area contributed by atoms with Crippen LogP contribution in [0.5, 0.6) is 23.0 Å². The number of carbonyl (C=O) groups excluding carboxylic acids is 2. The minimum absolute atomic E-state index is 0.0238. The van der Waals surface area contributed by atoms with Crippen molar-refractivity contribution in [2.24, 2.45) is 0 Å². The molecule has 2 aromatic carbocycles. The summed E-state index contributed by atoms with van der Waals surface area (Å²) in [6.45, 7) is 4.01. The number of pyridine rings is 2. The van der Waals surface area contributed by atoms with E-state index in [2.05, 4.69) is 9.97 Å². The van der Waals surface area contributed by atoms with Gasteiger partial charge in [-0.1, -0.05) is 0 Å². The molecule has 0 bridgehead atoms. The lowest BCUT2D eigenvalue weighted by molar-refractivity contribution is -0.384. The molecule has 4 aromatic rings. The fourth-order valence-corrected chi connectivity index (χ4v) is 3.03. The minimum Gasteiger partial charge on any atom is -0.461 e. The highest BCUT2D eigenvalue weighted by molar-refractivity contribution is 5.88. The number of nitrogens with zero attached hydrogens (tertiary/aromatic N) is 3. The van der Waals surface area contributed by atoms with Crippen molar-refractivity contribution in [1.29, 1.82) is 0 Å². The molecule has 0 saturated heterocycles. The predicted octanol–water partition coefficient (Wildman–Crippen LogP) is 5.59. The smallest absolute Gasteiger partial charge is 0.357 e. The molecule has 0 spiro atoms. The Morgan fingerprint density at radius 2 is 1.15 bits per heavy atom. The van der Waals surface area contributed by atoms with Crippen molar-refractivity contribution in [3.8, 4) is 23.0 Å². The molecule has 0 radical (unpaired) electrons. The standard InChI is InChI=1S/C14H12N2O5.C14H14N2O3/c1-2-20-14(17)13-9-12(7-8-15-13)21-11-5-3-10(4-6-11)16(18)19;1-2-18-14(17)13-9-12(7-8-16-13)19-11-5-3-10(15)4-6-11/h3-9H,2H2,1H3;3-9H,2,15H2,1H3. The summed E-state index contributed by atoms with van der Waals surface area (Å²) in [5.41, 5.74) is 6.58. The normalized spacial score (nSPS) is 9.95. The molecule has 2 N–H and O–H groups in total. The number of esters is 2. The number of nitrogen functional groups attached to an aromatic ring is 1. The number of nitro benzene ring substituents is 1. The molecule has 206 valence electrons. The molecule has 0 fully saturated rings. The average Bonchev–Trinajstić information content (AvgIpc) is 2.95. The second-order valence-corrected chi connectivity index (χ2v) is 7.72. The Morgan fingerprint density at radius 3 is 1.55 bits per heavy atom.